The van der Waals surface area contributed by atoms with Crippen molar-refractivity contribution in [3.05, 3.63) is 0 Å². The molecule has 1 saturated heterocycles. The van der Waals surface area contributed by atoms with Gasteiger partial charge in [-0.15, -0.1) is 0 Å². The molecule has 2 N–H and O–H groups in total. The number of β-amino-alcohol motifs (C(OH)–C–C–N with tert-alkyl or cyclic N) is 1. The molecule has 1 rings (SSSR count). The number of aliphatic hydroxyl groups excluding tert-OH is 1. The van der Waals surface area contributed by atoms with Crippen LogP contribution in [0.4, 0.5) is 0 Å². The highest BCUT2D eigenvalue weighted by Crippen LogP contribution is 2.22. The van der Waals surface area contributed by atoms with Crippen molar-refractivity contribution < 1.29 is 9.84 Å². The molecule has 0 radical (unpaired) electrons. The highest BCUT2D eigenvalue weighted by atomic mass is 16.5. The minimum atomic E-state index is -0.283. The lowest BCUT2D eigenvalue weighted by Crippen LogP contribution is -2.49. The Morgan fingerprint density at radius 3 is 2.59 bits per heavy atom. The molecule has 3 unspecified atom stereocenters. The van der Waals surface area contributed by atoms with Gasteiger partial charge in [0, 0.05) is 38.8 Å². The van der Waals surface area contributed by atoms with Crippen molar-refractivity contribution in [2.45, 2.75) is 51.3 Å². The van der Waals surface area contributed by atoms with E-state index in [1.165, 1.54) is 19.3 Å². The summed E-state index contributed by atoms with van der Waals surface area (Å²) in [5, 5.41) is 13.2. The van der Waals surface area contributed by atoms with E-state index < -0.39 is 0 Å². The summed E-state index contributed by atoms with van der Waals surface area (Å²) in [4.78, 5) is 2.44. The molecule has 0 aromatic heterocycles. The Hall–Kier alpha value is -0.160. The van der Waals surface area contributed by atoms with Gasteiger partial charge in [0.1, 0.15) is 0 Å². The van der Waals surface area contributed by atoms with Crippen molar-refractivity contribution in [1.82, 2.24) is 10.2 Å². The summed E-state index contributed by atoms with van der Waals surface area (Å²) in [6, 6.07) is 1.21. The van der Waals surface area contributed by atoms with Crippen molar-refractivity contribution in [1.29, 1.82) is 0 Å². The first-order chi connectivity index (χ1) is 8.15. The molecule has 0 amide bonds. The lowest BCUT2D eigenvalue weighted by molar-refractivity contribution is 0.0412. The van der Waals surface area contributed by atoms with Crippen LogP contribution in [0.15, 0.2) is 0 Å². The van der Waals surface area contributed by atoms with Crippen molar-refractivity contribution in [3.8, 4) is 0 Å². The molecule has 1 aliphatic heterocycles. The van der Waals surface area contributed by atoms with Gasteiger partial charge in [-0.1, -0.05) is 6.42 Å². The fourth-order valence-corrected chi connectivity index (χ4v) is 2.59. The highest BCUT2D eigenvalue weighted by Gasteiger charge is 2.26. The summed E-state index contributed by atoms with van der Waals surface area (Å²) >= 11 is 0. The maximum atomic E-state index is 9.99. The third-order valence-electron chi connectivity index (χ3n) is 3.66. The smallest absolute Gasteiger partial charge is 0.0791 e. The Kier molecular flexibility index (Phi) is 7.04. The maximum absolute atomic E-state index is 9.99. The van der Waals surface area contributed by atoms with Crippen LogP contribution in [0.25, 0.3) is 0 Å². The first kappa shape index (κ1) is 14.9. The summed E-state index contributed by atoms with van der Waals surface area (Å²) in [5.74, 6) is 0. The molecule has 1 heterocycles. The number of likely N-dealkylation sites (tertiary alicyclic amines) is 1. The fourth-order valence-electron chi connectivity index (χ4n) is 2.59. The number of hydrogen-bond acceptors (Lipinski definition) is 4. The van der Waals surface area contributed by atoms with Gasteiger partial charge in [-0.3, -0.25) is 4.90 Å². The average Bonchev–Trinajstić information content (AvgIpc) is 2.30. The average molecular weight is 244 g/mol. The quantitative estimate of drug-likeness (QED) is 0.652. The van der Waals surface area contributed by atoms with Gasteiger partial charge in [0.15, 0.2) is 0 Å². The minimum absolute atomic E-state index is 0.283. The van der Waals surface area contributed by atoms with Gasteiger partial charge in [-0.05, 0) is 26.7 Å². The molecular weight excluding hydrogens is 216 g/mol. The largest absolute Gasteiger partial charge is 0.390 e. The summed E-state index contributed by atoms with van der Waals surface area (Å²) in [6.07, 6.45) is 3.55. The number of aliphatic hydroxyl groups is 1. The van der Waals surface area contributed by atoms with Crippen LogP contribution < -0.4 is 5.32 Å². The van der Waals surface area contributed by atoms with E-state index in [1.807, 2.05) is 0 Å². The molecule has 1 fully saturated rings. The zero-order chi connectivity index (χ0) is 12.7. The number of methoxy groups -OCH3 is 1. The summed E-state index contributed by atoms with van der Waals surface area (Å²) in [6.45, 7) is 7.46. The minimum Gasteiger partial charge on any atom is -0.390 e. The Labute approximate surface area is 105 Å². The predicted molar refractivity (Wildman–Crippen MR) is 70.2 cm³/mol. The van der Waals surface area contributed by atoms with Gasteiger partial charge in [0.05, 0.1) is 12.7 Å². The maximum Gasteiger partial charge on any atom is 0.0791 e. The third kappa shape index (κ3) is 5.34. The number of nitrogens with zero attached hydrogens (tertiary/aromatic N) is 1. The molecule has 0 aromatic carbocycles. The molecule has 1 aliphatic rings. The molecule has 0 saturated carbocycles. The van der Waals surface area contributed by atoms with Crippen LogP contribution in [0.1, 0.15) is 33.1 Å². The summed E-state index contributed by atoms with van der Waals surface area (Å²) in [5.41, 5.74) is 0. The molecule has 0 aliphatic carbocycles. The molecule has 17 heavy (non-hydrogen) atoms. The third-order valence-corrected chi connectivity index (χ3v) is 3.66. The topological polar surface area (TPSA) is 44.7 Å². The molecule has 0 spiro atoms. The van der Waals surface area contributed by atoms with E-state index in [-0.39, 0.29) is 6.10 Å². The van der Waals surface area contributed by atoms with E-state index in [2.05, 4.69) is 24.1 Å². The van der Waals surface area contributed by atoms with Crippen molar-refractivity contribution in [2.75, 3.05) is 33.4 Å². The SMILES string of the molecule is COCCNCC(O)CN1C(C)CCCC1C. The molecule has 102 valence electrons. The lowest BCUT2D eigenvalue weighted by atomic mass is 9.97. The zero-order valence-electron chi connectivity index (χ0n) is 11.5. The fraction of sp³-hybridized carbons (Fsp3) is 1.00. The van der Waals surface area contributed by atoms with Crippen LogP contribution in [-0.4, -0.2) is 61.5 Å². The van der Waals surface area contributed by atoms with Crippen LogP contribution >= 0.6 is 0 Å². The number of ether oxygens (including phenoxy) is 1. The molecule has 0 aromatic rings. The first-order valence-electron chi connectivity index (χ1n) is 6.78. The van der Waals surface area contributed by atoms with Gasteiger partial charge in [-0.25, -0.2) is 0 Å². The Balaban J connectivity index is 2.21. The van der Waals surface area contributed by atoms with Gasteiger partial charge in [-0.2, -0.15) is 0 Å². The first-order valence-corrected chi connectivity index (χ1v) is 6.78. The van der Waals surface area contributed by atoms with E-state index in [4.69, 9.17) is 4.74 Å². The standard InChI is InChI=1S/C13H28N2O2/c1-11-5-4-6-12(2)15(11)10-13(16)9-14-7-8-17-3/h11-14,16H,4-10H2,1-3H3. The number of hydrogen-bond donors (Lipinski definition) is 2. The summed E-state index contributed by atoms with van der Waals surface area (Å²) in [7, 11) is 1.69. The molecule has 0 bridgehead atoms. The van der Waals surface area contributed by atoms with Gasteiger partial charge in [0.2, 0.25) is 0 Å². The van der Waals surface area contributed by atoms with Crippen molar-refractivity contribution >= 4 is 0 Å². The van der Waals surface area contributed by atoms with Gasteiger partial charge in [0.25, 0.3) is 0 Å². The van der Waals surface area contributed by atoms with Gasteiger partial charge < -0.3 is 15.2 Å². The second-order valence-electron chi connectivity index (χ2n) is 5.18. The molecule has 4 nitrogen and oxygen atoms in total. The van der Waals surface area contributed by atoms with Crippen molar-refractivity contribution in [2.24, 2.45) is 0 Å². The van der Waals surface area contributed by atoms with Crippen LogP contribution in [0.3, 0.4) is 0 Å². The van der Waals surface area contributed by atoms with Crippen LogP contribution in [-0.2, 0) is 4.74 Å². The highest BCUT2D eigenvalue weighted by molar-refractivity contribution is 4.81. The normalized spacial score (nSPS) is 28.2. The van der Waals surface area contributed by atoms with E-state index >= 15 is 0 Å². The Morgan fingerprint density at radius 1 is 1.35 bits per heavy atom. The number of rotatable bonds is 7. The molecule has 3 atom stereocenters. The Bertz CT molecular complexity index is 192. The second kappa shape index (κ2) is 8.03. The second-order valence-corrected chi connectivity index (χ2v) is 5.18. The van der Waals surface area contributed by atoms with E-state index in [0.717, 1.165) is 13.1 Å². The van der Waals surface area contributed by atoms with Crippen LogP contribution in [0.2, 0.25) is 0 Å². The Morgan fingerprint density at radius 2 is 2.00 bits per heavy atom. The van der Waals surface area contributed by atoms with E-state index in [1.54, 1.807) is 7.11 Å². The van der Waals surface area contributed by atoms with E-state index in [9.17, 15) is 5.11 Å². The molecular formula is C13H28N2O2. The van der Waals surface area contributed by atoms with Crippen molar-refractivity contribution in [3.63, 3.8) is 0 Å². The zero-order valence-corrected chi connectivity index (χ0v) is 11.5. The molecule has 4 heteroatoms. The summed E-state index contributed by atoms with van der Waals surface area (Å²) < 4.78 is 4.95. The number of piperidine rings is 1. The van der Waals surface area contributed by atoms with E-state index in [0.29, 0.717) is 25.2 Å². The van der Waals surface area contributed by atoms with Crippen LogP contribution in [0.5, 0.6) is 0 Å². The number of nitrogens with one attached hydrogen (secondary N) is 1. The lowest BCUT2D eigenvalue weighted by Gasteiger charge is -2.40. The predicted octanol–water partition coefficient (Wildman–Crippen LogP) is 0.846. The van der Waals surface area contributed by atoms with Gasteiger partial charge >= 0.3 is 0 Å². The van der Waals surface area contributed by atoms with Crippen LogP contribution in [0, 0.1) is 0 Å². The monoisotopic (exact) mass is 244 g/mol.